The zero-order valence-corrected chi connectivity index (χ0v) is 15.8. The molecular weight excluding hydrogens is 320 g/mol. The topological polar surface area (TPSA) is 59.1 Å². The molecule has 2 amide bonds. The standard InChI is InChI=1S/C19H28N2O4/c1-6-19(2,3)18(23)21-9-7-20(8-10-21)17(22)14-11-15(24-4)13-16(12-14)25-5/h11-13H,6-10H2,1-5H3. The van der Waals surface area contributed by atoms with Crippen LogP contribution in [0.3, 0.4) is 0 Å². The first-order valence-electron chi connectivity index (χ1n) is 8.64. The van der Waals surface area contributed by atoms with Gasteiger partial charge in [0.2, 0.25) is 5.91 Å². The first-order valence-corrected chi connectivity index (χ1v) is 8.64. The quantitative estimate of drug-likeness (QED) is 0.820. The Kier molecular flexibility index (Phi) is 5.93. The number of benzene rings is 1. The minimum Gasteiger partial charge on any atom is -0.497 e. The summed E-state index contributed by atoms with van der Waals surface area (Å²) >= 11 is 0. The molecule has 2 rings (SSSR count). The number of methoxy groups -OCH3 is 2. The first kappa shape index (κ1) is 19.1. The number of ether oxygens (including phenoxy) is 2. The fourth-order valence-electron chi connectivity index (χ4n) is 2.81. The van der Waals surface area contributed by atoms with E-state index in [1.165, 1.54) is 0 Å². The Morgan fingerprint density at radius 2 is 1.44 bits per heavy atom. The van der Waals surface area contributed by atoms with Crippen molar-refractivity contribution in [1.29, 1.82) is 0 Å². The van der Waals surface area contributed by atoms with Gasteiger partial charge in [0.05, 0.1) is 14.2 Å². The van der Waals surface area contributed by atoms with Crippen LogP contribution in [-0.2, 0) is 4.79 Å². The van der Waals surface area contributed by atoms with Crippen LogP contribution in [0.15, 0.2) is 18.2 Å². The molecule has 1 aliphatic rings. The number of hydrogen-bond donors (Lipinski definition) is 0. The van der Waals surface area contributed by atoms with Crippen LogP contribution in [0.4, 0.5) is 0 Å². The van der Waals surface area contributed by atoms with E-state index < -0.39 is 0 Å². The molecule has 0 bridgehead atoms. The summed E-state index contributed by atoms with van der Waals surface area (Å²) in [7, 11) is 3.12. The molecule has 138 valence electrons. The lowest BCUT2D eigenvalue weighted by Gasteiger charge is -2.38. The van der Waals surface area contributed by atoms with E-state index in [4.69, 9.17) is 9.47 Å². The van der Waals surface area contributed by atoms with Gasteiger partial charge in [0.15, 0.2) is 0 Å². The molecule has 1 heterocycles. The molecule has 0 radical (unpaired) electrons. The minimum atomic E-state index is -0.355. The molecule has 0 spiro atoms. The van der Waals surface area contributed by atoms with Crippen LogP contribution < -0.4 is 9.47 Å². The van der Waals surface area contributed by atoms with Gasteiger partial charge in [0, 0.05) is 43.2 Å². The number of rotatable bonds is 5. The van der Waals surface area contributed by atoms with Crippen LogP contribution in [0.5, 0.6) is 11.5 Å². The van der Waals surface area contributed by atoms with Gasteiger partial charge in [-0.2, -0.15) is 0 Å². The van der Waals surface area contributed by atoms with Crippen molar-refractivity contribution in [3.05, 3.63) is 23.8 Å². The van der Waals surface area contributed by atoms with Gasteiger partial charge in [-0.3, -0.25) is 9.59 Å². The summed E-state index contributed by atoms with van der Waals surface area (Å²) in [5.74, 6) is 1.26. The van der Waals surface area contributed by atoms with E-state index in [2.05, 4.69) is 0 Å². The molecule has 0 atom stereocenters. The van der Waals surface area contributed by atoms with E-state index in [1.807, 2.05) is 25.7 Å². The van der Waals surface area contributed by atoms with Crippen molar-refractivity contribution >= 4 is 11.8 Å². The number of nitrogens with zero attached hydrogens (tertiary/aromatic N) is 2. The Bertz CT molecular complexity index is 612. The van der Waals surface area contributed by atoms with E-state index in [9.17, 15) is 9.59 Å². The smallest absolute Gasteiger partial charge is 0.254 e. The van der Waals surface area contributed by atoms with Gasteiger partial charge in [0.25, 0.3) is 5.91 Å². The number of carbonyl (C=O) groups excluding carboxylic acids is 2. The third-order valence-electron chi connectivity index (χ3n) is 4.92. The molecule has 0 unspecified atom stereocenters. The van der Waals surface area contributed by atoms with Crippen molar-refractivity contribution in [2.75, 3.05) is 40.4 Å². The predicted molar refractivity (Wildman–Crippen MR) is 96.1 cm³/mol. The third-order valence-corrected chi connectivity index (χ3v) is 4.92. The Morgan fingerprint density at radius 1 is 0.960 bits per heavy atom. The van der Waals surface area contributed by atoms with Gasteiger partial charge in [0.1, 0.15) is 11.5 Å². The average molecular weight is 348 g/mol. The molecule has 0 N–H and O–H groups in total. The maximum Gasteiger partial charge on any atom is 0.254 e. The Hall–Kier alpha value is -2.24. The van der Waals surface area contributed by atoms with Crippen LogP contribution >= 0.6 is 0 Å². The van der Waals surface area contributed by atoms with E-state index in [0.717, 1.165) is 6.42 Å². The minimum absolute atomic E-state index is 0.0703. The number of hydrogen-bond acceptors (Lipinski definition) is 4. The van der Waals surface area contributed by atoms with Crippen molar-refractivity contribution in [1.82, 2.24) is 9.80 Å². The monoisotopic (exact) mass is 348 g/mol. The summed E-state index contributed by atoms with van der Waals surface area (Å²) in [4.78, 5) is 29.0. The van der Waals surface area contributed by atoms with E-state index in [1.54, 1.807) is 37.3 Å². The first-order chi connectivity index (χ1) is 11.8. The van der Waals surface area contributed by atoms with Gasteiger partial charge in [-0.15, -0.1) is 0 Å². The number of piperazine rings is 1. The summed E-state index contributed by atoms with van der Waals surface area (Å²) in [6.45, 7) is 8.15. The molecule has 0 aliphatic carbocycles. The van der Waals surface area contributed by atoms with Gasteiger partial charge in [-0.1, -0.05) is 20.8 Å². The van der Waals surface area contributed by atoms with Crippen molar-refractivity contribution in [3.63, 3.8) is 0 Å². The SMILES string of the molecule is CCC(C)(C)C(=O)N1CCN(C(=O)c2cc(OC)cc(OC)c2)CC1. The van der Waals surface area contributed by atoms with Gasteiger partial charge >= 0.3 is 0 Å². The molecule has 1 aromatic rings. The molecule has 25 heavy (non-hydrogen) atoms. The summed E-state index contributed by atoms with van der Waals surface area (Å²) < 4.78 is 10.5. The van der Waals surface area contributed by atoms with Crippen LogP contribution in [0.25, 0.3) is 0 Å². The van der Waals surface area contributed by atoms with E-state index >= 15 is 0 Å². The highest BCUT2D eigenvalue weighted by Gasteiger charge is 2.33. The average Bonchev–Trinajstić information content (AvgIpc) is 2.66. The Balaban J connectivity index is 2.06. The molecule has 1 aliphatic heterocycles. The zero-order valence-electron chi connectivity index (χ0n) is 15.8. The van der Waals surface area contributed by atoms with Gasteiger partial charge in [-0.05, 0) is 18.6 Å². The normalized spacial score (nSPS) is 15.1. The zero-order chi connectivity index (χ0) is 18.6. The van der Waals surface area contributed by atoms with E-state index in [-0.39, 0.29) is 17.2 Å². The highest BCUT2D eigenvalue weighted by molar-refractivity contribution is 5.95. The predicted octanol–water partition coefficient (Wildman–Crippen LogP) is 2.42. The van der Waals surface area contributed by atoms with E-state index in [0.29, 0.717) is 43.2 Å². The second-order valence-corrected chi connectivity index (χ2v) is 6.92. The van der Waals surface area contributed by atoms with Crippen molar-refractivity contribution in [2.24, 2.45) is 5.41 Å². The van der Waals surface area contributed by atoms with Gasteiger partial charge in [-0.25, -0.2) is 0 Å². The highest BCUT2D eigenvalue weighted by Crippen LogP contribution is 2.26. The largest absolute Gasteiger partial charge is 0.497 e. The molecule has 6 nitrogen and oxygen atoms in total. The molecule has 1 aromatic carbocycles. The van der Waals surface area contributed by atoms with Crippen LogP contribution in [0.2, 0.25) is 0 Å². The second-order valence-electron chi connectivity index (χ2n) is 6.92. The third kappa shape index (κ3) is 4.24. The lowest BCUT2D eigenvalue weighted by molar-refractivity contribution is -0.142. The van der Waals surface area contributed by atoms with Crippen molar-refractivity contribution in [3.8, 4) is 11.5 Å². The summed E-state index contributed by atoms with van der Waals surface area (Å²) in [5, 5.41) is 0. The molecule has 1 saturated heterocycles. The molecular formula is C19H28N2O4. The summed E-state index contributed by atoms with van der Waals surface area (Å²) in [5.41, 5.74) is 0.177. The fourth-order valence-corrected chi connectivity index (χ4v) is 2.81. The maximum atomic E-state index is 12.8. The van der Waals surface area contributed by atoms with Gasteiger partial charge < -0.3 is 19.3 Å². The Labute approximate surface area is 149 Å². The fraction of sp³-hybridized carbons (Fsp3) is 0.579. The molecule has 0 aromatic heterocycles. The second kappa shape index (κ2) is 7.76. The summed E-state index contributed by atoms with van der Waals surface area (Å²) in [6, 6.07) is 5.16. The molecule has 1 fully saturated rings. The van der Waals surface area contributed by atoms with Crippen LogP contribution in [0, 0.1) is 5.41 Å². The maximum absolute atomic E-state index is 12.8. The number of carbonyl (C=O) groups is 2. The summed E-state index contributed by atoms with van der Waals surface area (Å²) in [6.07, 6.45) is 0.800. The molecule has 0 saturated carbocycles. The Morgan fingerprint density at radius 3 is 1.88 bits per heavy atom. The van der Waals surface area contributed by atoms with Crippen molar-refractivity contribution in [2.45, 2.75) is 27.2 Å². The highest BCUT2D eigenvalue weighted by atomic mass is 16.5. The molecule has 6 heteroatoms. The van der Waals surface area contributed by atoms with Crippen LogP contribution in [0.1, 0.15) is 37.6 Å². The lowest BCUT2D eigenvalue weighted by atomic mass is 9.88. The number of amides is 2. The van der Waals surface area contributed by atoms with Crippen LogP contribution in [-0.4, -0.2) is 62.0 Å². The lowest BCUT2D eigenvalue weighted by Crippen LogP contribution is -2.53. The van der Waals surface area contributed by atoms with Crippen molar-refractivity contribution < 1.29 is 19.1 Å².